The predicted molar refractivity (Wildman–Crippen MR) is 104 cm³/mol. The predicted octanol–water partition coefficient (Wildman–Crippen LogP) is 2.96. The number of hydrogen-bond donors (Lipinski definition) is 2. The molecule has 3 heterocycles. The lowest BCUT2D eigenvalue weighted by Crippen LogP contribution is -2.51. The Kier molecular flexibility index (Phi) is 3.54. The van der Waals surface area contributed by atoms with Crippen molar-refractivity contribution >= 4 is 39.2 Å². The van der Waals surface area contributed by atoms with E-state index in [-0.39, 0.29) is 12.4 Å². The van der Waals surface area contributed by atoms with Crippen LogP contribution in [0, 0.1) is 5.82 Å². The zero-order valence-corrected chi connectivity index (χ0v) is 15.5. The van der Waals surface area contributed by atoms with Crippen molar-refractivity contribution in [3.63, 3.8) is 0 Å². The third-order valence-corrected chi connectivity index (χ3v) is 6.35. The number of amides is 3. The molecular formula is C20H15FN4O2S. The van der Waals surface area contributed by atoms with Crippen LogP contribution in [0.4, 0.5) is 9.18 Å². The van der Waals surface area contributed by atoms with Crippen molar-refractivity contribution < 1.29 is 14.0 Å². The second-order valence-corrected chi connectivity index (χ2v) is 7.94. The summed E-state index contributed by atoms with van der Waals surface area (Å²) in [7, 11) is 0. The van der Waals surface area contributed by atoms with Gasteiger partial charge in [0.1, 0.15) is 10.8 Å². The van der Waals surface area contributed by atoms with Crippen LogP contribution in [-0.4, -0.2) is 28.4 Å². The van der Waals surface area contributed by atoms with E-state index < -0.39 is 17.5 Å². The second kappa shape index (κ2) is 5.87. The van der Waals surface area contributed by atoms with E-state index in [9.17, 15) is 14.0 Å². The summed E-state index contributed by atoms with van der Waals surface area (Å²) in [6.45, 7) is 4.70. The highest BCUT2D eigenvalue weighted by Crippen LogP contribution is 2.38. The van der Waals surface area contributed by atoms with Gasteiger partial charge < -0.3 is 10.2 Å². The third-order valence-electron chi connectivity index (χ3n) is 5.15. The molecule has 3 aromatic rings. The van der Waals surface area contributed by atoms with Gasteiger partial charge in [0, 0.05) is 17.8 Å². The number of halogens is 1. The fourth-order valence-electron chi connectivity index (χ4n) is 3.74. The average molecular weight is 394 g/mol. The zero-order chi connectivity index (χ0) is 19.5. The van der Waals surface area contributed by atoms with E-state index >= 15 is 0 Å². The first-order chi connectivity index (χ1) is 13.5. The molecule has 0 saturated carbocycles. The number of benzene rings is 2. The molecule has 0 unspecified atom stereocenters. The summed E-state index contributed by atoms with van der Waals surface area (Å²) in [5.74, 6) is -0.791. The van der Waals surface area contributed by atoms with Gasteiger partial charge in [0.25, 0.3) is 5.91 Å². The molecule has 1 fully saturated rings. The first-order valence-electron chi connectivity index (χ1n) is 8.68. The molecule has 3 amide bonds. The van der Waals surface area contributed by atoms with Gasteiger partial charge in [0.05, 0.1) is 16.8 Å². The molecule has 2 aliphatic rings. The molecule has 1 aromatic heterocycles. The van der Waals surface area contributed by atoms with E-state index in [0.29, 0.717) is 22.8 Å². The number of urea groups is 1. The molecule has 0 bridgehead atoms. The maximum Gasteiger partial charge on any atom is 0.322 e. The minimum absolute atomic E-state index is 0.152. The number of imide groups is 1. The molecule has 5 rings (SSSR count). The number of aromatic nitrogens is 1. The zero-order valence-electron chi connectivity index (χ0n) is 14.7. The Labute approximate surface area is 163 Å². The van der Waals surface area contributed by atoms with Crippen molar-refractivity contribution in [1.29, 1.82) is 0 Å². The fourth-order valence-corrected chi connectivity index (χ4v) is 4.84. The van der Waals surface area contributed by atoms with Crippen LogP contribution in [-0.2, 0) is 16.9 Å². The quantitative estimate of drug-likeness (QED) is 0.670. The van der Waals surface area contributed by atoms with Crippen molar-refractivity contribution in [2.75, 3.05) is 6.54 Å². The second-order valence-electron chi connectivity index (χ2n) is 6.90. The van der Waals surface area contributed by atoms with Gasteiger partial charge in [-0.3, -0.25) is 10.1 Å². The van der Waals surface area contributed by atoms with Gasteiger partial charge in [-0.25, -0.2) is 14.2 Å². The first-order valence-corrected chi connectivity index (χ1v) is 9.50. The largest absolute Gasteiger partial charge is 0.364 e. The molecule has 0 spiro atoms. The Morgan fingerprint density at radius 3 is 2.82 bits per heavy atom. The number of rotatable bonds is 3. The van der Waals surface area contributed by atoms with Crippen molar-refractivity contribution in [3.05, 3.63) is 71.0 Å². The molecule has 2 aliphatic heterocycles. The summed E-state index contributed by atoms with van der Waals surface area (Å²) in [5.41, 5.74) is 1.69. The van der Waals surface area contributed by atoms with Crippen molar-refractivity contribution in [1.82, 2.24) is 20.5 Å². The van der Waals surface area contributed by atoms with Crippen molar-refractivity contribution in [2.45, 2.75) is 12.1 Å². The molecule has 0 radical (unpaired) electrons. The van der Waals surface area contributed by atoms with Crippen LogP contribution < -0.4 is 10.6 Å². The molecule has 8 heteroatoms. The van der Waals surface area contributed by atoms with Crippen LogP contribution in [0.5, 0.6) is 0 Å². The maximum absolute atomic E-state index is 13.6. The number of nitrogens with zero attached hydrogens (tertiary/aromatic N) is 2. The molecule has 140 valence electrons. The van der Waals surface area contributed by atoms with E-state index in [4.69, 9.17) is 0 Å². The van der Waals surface area contributed by atoms with Gasteiger partial charge in [0.2, 0.25) is 0 Å². The monoisotopic (exact) mass is 394 g/mol. The lowest BCUT2D eigenvalue weighted by atomic mass is 10.00. The van der Waals surface area contributed by atoms with Gasteiger partial charge >= 0.3 is 6.03 Å². The Morgan fingerprint density at radius 2 is 2.07 bits per heavy atom. The van der Waals surface area contributed by atoms with Crippen LogP contribution in [0.15, 0.2) is 49.0 Å². The number of hydrogen-bond acceptors (Lipinski definition) is 5. The van der Waals surface area contributed by atoms with Gasteiger partial charge in [-0.15, -0.1) is 11.3 Å². The number of carbonyl (C=O) groups is 2. The normalized spacial score (nSPS) is 21.2. The molecule has 1 atom stereocenters. The van der Waals surface area contributed by atoms with E-state index in [0.717, 1.165) is 15.8 Å². The molecule has 1 saturated heterocycles. The minimum Gasteiger partial charge on any atom is -0.364 e. The summed E-state index contributed by atoms with van der Waals surface area (Å²) < 4.78 is 14.6. The first kappa shape index (κ1) is 16.9. The summed E-state index contributed by atoms with van der Waals surface area (Å²) in [6.07, 6.45) is 0. The van der Waals surface area contributed by atoms with Gasteiger partial charge in [-0.05, 0) is 29.8 Å². The Morgan fingerprint density at radius 1 is 1.25 bits per heavy atom. The summed E-state index contributed by atoms with van der Waals surface area (Å²) >= 11 is 1.37. The number of nitrogens with one attached hydrogen (secondary N) is 2. The number of carbonyl (C=O) groups excluding carboxylic acids is 2. The van der Waals surface area contributed by atoms with Gasteiger partial charge in [0.15, 0.2) is 5.54 Å². The molecule has 2 N–H and O–H groups in total. The summed E-state index contributed by atoms with van der Waals surface area (Å²) in [5, 5.41) is 5.61. The van der Waals surface area contributed by atoms with Gasteiger partial charge in [-0.1, -0.05) is 24.8 Å². The fraction of sp³-hybridized carbons (Fsp3) is 0.150. The smallest absolute Gasteiger partial charge is 0.322 e. The Bertz CT molecular complexity index is 1140. The standard InChI is InChI=1S/C20H15FN4O2S/c1-11-14-8-13(21)7-6-12(14)9-25(11)10-20(17(26)23-19(27)24-20)18-22-15-4-2-3-5-16(15)28-18/h2-8H,1,9-10H2,(H2,23,24,26,27)/t20-/m1/s1. The Balaban J connectivity index is 1.56. The SMILES string of the molecule is C=C1c2cc(F)ccc2CN1C[C@@]1(c2nc3ccccc3s2)NC(=O)NC1=O. The maximum atomic E-state index is 13.6. The van der Waals surface area contributed by atoms with Crippen LogP contribution in [0.1, 0.15) is 16.1 Å². The molecule has 2 aromatic carbocycles. The average Bonchev–Trinajstić information content (AvgIpc) is 3.31. The lowest BCUT2D eigenvalue weighted by Gasteiger charge is -2.30. The Hall–Kier alpha value is -3.26. The number of fused-ring (bicyclic) bond motifs is 2. The van der Waals surface area contributed by atoms with Crippen molar-refractivity contribution in [2.24, 2.45) is 0 Å². The summed E-state index contributed by atoms with van der Waals surface area (Å²) in [4.78, 5) is 31.4. The van der Waals surface area contributed by atoms with Gasteiger partial charge in [-0.2, -0.15) is 0 Å². The molecule has 0 aliphatic carbocycles. The van der Waals surface area contributed by atoms with E-state index in [1.54, 1.807) is 6.07 Å². The lowest BCUT2D eigenvalue weighted by molar-refractivity contribution is -0.124. The van der Waals surface area contributed by atoms with Crippen LogP contribution in [0.3, 0.4) is 0 Å². The summed E-state index contributed by atoms with van der Waals surface area (Å²) in [6, 6.07) is 11.6. The molecule has 28 heavy (non-hydrogen) atoms. The number of para-hydroxylation sites is 1. The molecular weight excluding hydrogens is 379 g/mol. The highest BCUT2D eigenvalue weighted by Gasteiger charge is 2.52. The van der Waals surface area contributed by atoms with E-state index in [2.05, 4.69) is 22.2 Å². The van der Waals surface area contributed by atoms with Crippen LogP contribution in [0.2, 0.25) is 0 Å². The van der Waals surface area contributed by atoms with E-state index in [1.165, 1.54) is 23.5 Å². The van der Waals surface area contributed by atoms with E-state index in [1.807, 2.05) is 29.2 Å². The molecule has 6 nitrogen and oxygen atoms in total. The highest BCUT2D eigenvalue weighted by molar-refractivity contribution is 7.18. The third kappa shape index (κ3) is 2.41. The van der Waals surface area contributed by atoms with Crippen LogP contribution in [0.25, 0.3) is 15.9 Å². The number of thiazole rings is 1. The van der Waals surface area contributed by atoms with Crippen LogP contribution >= 0.6 is 11.3 Å². The topological polar surface area (TPSA) is 74.3 Å². The highest BCUT2D eigenvalue weighted by atomic mass is 32.1. The van der Waals surface area contributed by atoms with Crippen molar-refractivity contribution in [3.8, 4) is 0 Å². The minimum atomic E-state index is -1.33.